The molecule has 120 valence electrons. The number of nitrogens with one attached hydrogen (secondary N) is 1. The summed E-state index contributed by atoms with van der Waals surface area (Å²) in [6.07, 6.45) is 0.948. The lowest BCUT2D eigenvalue weighted by Crippen LogP contribution is -2.43. The molecular weight excluding hydrogens is 305 g/mol. The van der Waals surface area contributed by atoms with E-state index in [4.69, 9.17) is 15.3 Å². The van der Waals surface area contributed by atoms with Gasteiger partial charge in [0, 0.05) is 24.4 Å². The van der Waals surface area contributed by atoms with Crippen LogP contribution in [0.4, 0.5) is 10.1 Å². The molecule has 0 amide bonds. The lowest BCUT2D eigenvalue weighted by Gasteiger charge is -2.32. The number of halogens is 1. The van der Waals surface area contributed by atoms with Crippen LogP contribution in [0, 0.1) is 11.7 Å². The zero-order chi connectivity index (χ0) is 16.1. The van der Waals surface area contributed by atoms with Crippen LogP contribution in [0.5, 0.6) is 0 Å². The molecular formula is C15H20FN3O2S. The van der Waals surface area contributed by atoms with Gasteiger partial charge in [0.1, 0.15) is 23.1 Å². The molecule has 0 heterocycles. The van der Waals surface area contributed by atoms with Gasteiger partial charge < -0.3 is 14.9 Å². The van der Waals surface area contributed by atoms with Crippen molar-refractivity contribution in [3.63, 3.8) is 0 Å². The highest BCUT2D eigenvalue weighted by atomic mass is 32.1. The van der Waals surface area contributed by atoms with Crippen molar-refractivity contribution in [2.75, 3.05) is 14.2 Å². The normalized spacial score (nSPS) is 22.7. The summed E-state index contributed by atoms with van der Waals surface area (Å²) >= 11 is 4.46. The van der Waals surface area contributed by atoms with Crippen molar-refractivity contribution in [1.82, 2.24) is 5.43 Å². The van der Waals surface area contributed by atoms with Gasteiger partial charge >= 0.3 is 0 Å². The third-order valence-corrected chi connectivity index (χ3v) is 4.14. The topological polar surface area (TPSA) is 68.9 Å². The Hall–Kier alpha value is -1.57. The lowest BCUT2D eigenvalue weighted by atomic mass is 9.88. The third-order valence-electron chi connectivity index (χ3n) is 3.71. The maximum atomic E-state index is 13.8. The Labute approximate surface area is 134 Å². The monoisotopic (exact) mass is 325 g/mol. The van der Waals surface area contributed by atoms with Gasteiger partial charge in [-0.25, -0.2) is 15.2 Å². The predicted molar refractivity (Wildman–Crippen MR) is 87.4 cm³/mol. The van der Waals surface area contributed by atoms with Crippen LogP contribution in [0.2, 0.25) is 0 Å². The van der Waals surface area contributed by atoms with Crippen molar-refractivity contribution >= 4 is 24.2 Å². The van der Waals surface area contributed by atoms with Crippen molar-refractivity contribution in [3.8, 4) is 0 Å². The van der Waals surface area contributed by atoms with Gasteiger partial charge in [-0.2, -0.15) is 0 Å². The molecule has 2 rings (SSSR count). The van der Waals surface area contributed by atoms with Gasteiger partial charge in [-0.1, -0.05) is 12.1 Å². The number of benzene rings is 1. The van der Waals surface area contributed by atoms with Gasteiger partial charge in [-0.05, 0) is 18.6 Å². The lowest BCUT2D eigenvalue weighted by molar-refractivity contribution is 0.0540. The Kier molecular flexibility index (Phi) is 5.82. The summed E-state index contributed by atoms with van der Waals surface area (Å²) in [5, 5.41) is 0. The van der Waals surface area contributed by atoms with Crippen LogP contribution in [-0.2, 0) is 9.47 Å². The maximum Gasteiger partial charge on any atom is 0.148 e. The molecule has 3 N–H and O–H groups in total. The minimum Gasteiger partial charge on any atom is -0.500 e. The van der Waals surface area contributed by atoms with E-state index in [0.717, 1.165) is 10.7 Å². The van der Waals surface area contributed by atoms with Crippen molar-refractivity contribution in [2.45, 2.75) is 18.9 Å². The predicted octanol–water partition coefficient (Wildman–Crippen LogP) is 2.53. The fourth-order valence-electron chi connectivity index (χ4n) is 2.51. The number of methoxy groups -OCH3 is 2. The molecule has 7 heteroatoms. The molecule has 1 aliphatic carbocycles. The number of nitrogens with zero attached hydrogens (tertiary/aromatic N) is 1. The first-order valence-electron chi connectivity index (χ1n) is 6.88. The maximum absolute atomic E-state index is 13.8. The number of thiol groups is 1. The highest BCUT2D eigenvalue weighted by Crippen LogP contribution is 2.34. The smallest absolute Gasteiger partial charge is 0.148 e. The summed E-state index contributed by atoms with van der Waals surface area (Å²) in [5.41, 5.74) is 2.80. The Morgan fingerprint density at radius 3 is 2.68 bits per heavy atom. The van der Waals surface area contributed by atoms with Crippen molar-refractivity contribution in [2.24, 2.45) is 16.8 Å². The van der Waals surface area contributed by atoms with E-state index >= 15 is 0 Å². The van der Waals surface area contributed by atoms with Crippen LogP contribution in [0.3, 0.4) is 0 Å². The molecule has 0 spiro atoms. The highest BCUT2D eigenvalue weighted by molar-refractivity contribution is 7.84. The number of allylic oxidation sites excluding steroid dienone is 1. The number of hydrogen-bond donors (Lipinski definition) is 3. The van der Waals surface area contributed by atoms with Crippen LogP contribution >= 0.6 is 12.6 Å². The zero-order valence-electron chi connectivity index (χ0n) is 12.5. The molecule has 0 aliphatic heterocycles. The molecule has 0 aromatic heterocycles. The number of hydrogen-bond acceptors (Lipinski definition) is 5. The first-order valence-corrected chi connectivity index (χ1v) is 7.32. The van der Waals surface area contributed by atoms with Crippen LogP contribution in [0.15, 0.2) is 39.9 Å². The molecule has 2 atom stereocenters. The summed E-state index contributed by atoms with van der Waals surface area (Å²) in [5.74, 6) is 6.29. The van der Waals surface area contributed by atoms with Gasteiger partial charge in [-0.3, -0.25) is 0 Å². The Morgan fingerprint density at radius 1 is 1.36 bits per heavy atom. The van der Waals surface area contributed by atoms with Crippen molar-refractivity contribution in [3.05, 3.63) is 40.7 Å². The molecule has 2 unspecified atom stereocenters. The molecule has 0 bridgehead atoms. The number of para-hydroxylation sites is 1. The van der Waals surface area contributed by atoms with E-state index in [2.05, 4.69) is 23.0 Å². The molecule has 5 nitrogen and oxygen atoms in total. The Balaban J connectivity index is 2.34. The van der Waals surface area contributed by atoms with Crippen molar-refractivity contribution in [1.29, 1.82) is 0 Å². The molecule has 0 fully saturated rings. The summed E-state index contributed by atoms with van der Waals surface area (Å²) < 4.78 is 24.6. The average Bonchev–Trinajstić information content (AvgIpc) is 2.54. The van der Waals surface area contributed by atoms with Gasteiger partial charge in [0.15, 0.2) is 0 Å². The summed E-state index contributed by atoms with van der Waals surface area (Å²) in [4.78, 5) is 5.13. The third kappa shape index (κ3) is 3.60. The first kappa shape index (κ1) is 16.8. The minimum absolute atomic E-state index is 0.152. The molecule has 0 saturated heterocycles. The Bertz CT molecular complexity index is 592. The second kappa shape index (κ2) is 7.62. The summed E-state index contributed by atoms with van der Waals surface area (Å²) in [6, 6.07) is 6.28. The van der Waals surface area contributed by atoms with E-state index in [-0.39, 0.29) is 17.7 Å². The molecule has 1 aromatic rings. The Morgan fingerprint density at radius 2 is 2.09 bits per heavy atom. The first-order chi connectivity index (χ1) is 10.6. The van der Waals surface area contributed by atoms with Crippen LogP contribution in [0.25, 0.3) is 0 Å². The van der Waals surface area contributed by atoms with E-state index in [1.807, 2.05) is 0 Å². The highest BCUT2D eigenvalue weighted by Gasteiger charge is 2.33. The van der Waals surface area contributed by atoms with Gasteiger partial charge in [0.2, 0.25) is 0 Å². The SMILES string of the molecule is COC1=C(S)CC(C(=Nc2ccccc2F)NN)C(OC)C1. The summed E-state index contributed by atoms with van der Waals surface area (Å²) in [7, 11) is 3.22. The molecule has 0 saturated carbocycles. The number of rotatable bonds is 4. The standard InChI is InChI=1S/C15H20FN3O2S/c1-20-12-8-13(21-2)14(22)7-9(12)15(19-17)18-11-6-4-3-5-10(11)16/h3-6,9,12,22H,7-8,17H2,1-2H3,(H,18,19). The van der Waals surface area contributed by atoms with E-state index in [1.54, 1.807) is 32.4 Å². The quantitative estimate of drug-likeness (QED) is 0.262. The average molecular weight is 325 g/mol. The van der Waals surface area contributed by atoms with Crippen LogP contribution < -0.4 is 11.3 Å². The number of hydrazine groups is 1. The second-order valence-corrected chi connectivity index (χ2v) is 5.50. The van der Waals surface area contributed by atoms with Gasteiger partial charge in [-0.15, -0.1) is 12.6 Å². The number of amidine groups is 1. The van der Waals surface area contributed by atoms with E-state index in [1.165, 1.54) is 6.07 Å². The summed E-state index contributed by atoms with van der Waals surface area (Å²) in [6.45, 7) is 0. The fraction of sp³-hybridized carbons (Fsp3) is 0.400. The van der Waals surface area contributed by atoms with Crippen LogP contribution in [-0.4, -0.2) is 26.2 Å². The van der Waals surface area contributed by atoms with E-state index in [9.17, 15) is 4.39 Å². The zero-order valence-corrected chi connectivity index (χ0v) is 13.4. The van der Waals surface area contributed by atoms with E-state index in [0.29, 0.717) is 18.7 Å². The number of ether oxygens (including phenoxy) is 2. The van der Waals surface area contributed by atoms with Gasteiger partial charge in [0.05, 0.1) is 13.2 Å². The number of aliphatic imine (C=N–C) groups is 1. The molecule has 0 radical (unpaired) electrons. The van der Waals surface area contributed by atoms with E-state index < -0.39 is 5.82 Å². The van der Waals surface area contributed by atoms with Crippen LogP contribution in [0.1, 0.15) is 12.8 Å². The van der Waals surface area contributed by atoms with Gasteiger partial charge in [0.25, 0.3) is 0 Å². The molecule has 1 aromatic carbocycles. The fourth-order valence-corrected chi connectivity index (χ4v) is 2.89. The molecule has 1 aliphatic rings. The largest absolute Gasteiger partial charge is 0.500 e. The molecule has 22 heavy (non-hydrogen) atoms. The second-order valence-electron chi connectivity index (χ2n) is 4.96. The number of nitrogens with two attached hydrogens (primary N) is 1. The van der Waals surface area contributed by atoms with Crippen molar-refractivity contribution < 1.29 is 13.9 Å². The minimum atomic E-state index is -0.403.